The monoisotopic (exact) mass is 641 g/mol. The molecule has 1 amide bonds. The Balaban J connectivity index is 0. The molecule has 0 aliphatic carbocycles. The van der Waals surface area contributed by atoms with Gasteiger partial charge in [-0.15, -0.1) is 24.8 Å². The Morgan fingerprint density at radius 3 is 2.35 bits per heavy atom. The van der Waals surface area contributed by atoms with Gasteiger partial charge in [0.2, 0.25) is 0 Å². The number of aromatic hydroxyl groups is 1. The predicted molar refractivity (Wildman–Crippen MR) is 168 cm³/mol. The number of carbonyl (C=O) groups excluding carboxylic acids is 2. The van der Waals surface area contributed by atoms with Gasteiger partial charge in [-0.25, -0.2) is 4.79 Å². The summed E-state index contributed by atoms with van der Waals surface area (Å²) in [6.45, 7) is 8.25. The third-order valence-electron chi connectivity index (χ3n) is 6.09. The first-order chi connectivity index (χ1) is 18.3. The highest BCUT2D eigenvalue weighted by molar-refractivity contribution is 6.39. The number of halogens is 4. The normalized spacial score (nSPS) is 11.2. The zero-order valence-electron chi connectivity index (χ0n) is 23.2. The van der Waals surface area contributed by atoms with Crippen molar-refractivity contribution >= 4 is 59.9 Å². The lowest BCUT2D eigenvalue weighted by Crippen LogP contribution is -2.43. The van der Waals surface area contributed by atoms with E-state index in [4.69, 9.17) is 32.7 Å². The first-order valence-electron chi connectivity index (χ1n) is 13.0. The summed E-state index contributed by atoms with van der Waals surface area (Å²) in [4.78, 5) is 28.4. The van der Waals surface area contributed by atoms with Gasteiger partial charge in [0.1, 0.15) is 11.1 Å². The molecule has 0 spiro atoms. The van der Waals surface area contributed by atoms with Gasteiger partial charge in [0, 0.05) is 14.4 Å². The summed E-state index contributed by atoms with van der Waals surface area (Å²) < 4.78 is 11.2. The Labute approximate surface area is 261 Å². The van der Waals surface area contributed by atoms with Crippen molar-refractivity contribution in [2.45, 2.75) is 45.6 Å². The molecule has 12 heteroatoms. The highest BCUT2D eigenvalue weighted by atomic mass is 35.5. The number of nitrogens with zero attached hydrogens (tertiary/aromatic N) is 1. The summed E-state index contributed by atoms with van der Waals surface area (Å²) >= 11 is 12.6. The van der Waals surface area contributed by atoms with Crippen LogP contribution in [0.15, 0.2) is 36.4 Å². The molecule has 2 aromatic carbocycles. The van der Waals surface area contributed by atoms with Crippen molar-refractivity contribution in [3.8, 4) is 11.5 Å². The second-order valence-corrected chi connectivity index (χ2v) is 9.61. The Kier molecular flexibility index (Phi) is 19.9. The van der Waals surface area contributed by atoms with Gasteiger partial charge in [0.25, 0.3) is 5.91 Å². The summed E-state index contributed by atoms with van der Waals surface area (Å²) in [6, 6.07) is 9.62. The van der Waals surface area contributed by atoms with E-state index in [1.165, 1.54) is 6.07 Å². The quantitative estimate of drug-likeness (QED) is 0.148. The molecule has 8 nitrogen and oxygen atoms in total. The standard InChI is InChI=1S/C28H39Cl2N3O5.2ClH.H2/c1-4-33(5-2)15-11-17-38-28(36)23(18-20-12-7-6-8-13-20)32-27(35)21-19-22(29)26(24(30)25(21)34)37-16-10-9-14-31-3;;;/h6-8,12-13,19,23,31,34H,4-5,9-11,14-18H2,1-3H3,(H,32,35);3*1H/t23-;;;/m0.../s1. The fraction of sp³-hybridized carbons (Fsp3) is 0.500. The van der Waals surface area contributed by atoms with Crippen molar-refractivity contribution in [3.63, 3.8) is 0 Å². The molecule has 0 fully saturated rings. The maximum absolute atomic E-state index is 13.2. The number of rotatable bonds is 17. The number of hydrogen-bond donors (Lipinski definition) is 3. The van der Waals surface area contributed by atoms with Crippen LogP contribution >= 0.6 is 48.0 Å². The van der Waals surface area contributed by atoms with Gasteiger partial charge in [0.15, 0.2) is 11.5 Å². The van der Waals surface area contributed by atoms with E-state index in [1.54, 1.807) is 0 Å². The van der Waals surface area contributed by atoms with Crippen LogP contribution in [-0.2, 0) is 16.0 Å². The molecule has 40 heavy (non-hydrogen) atoms. The molecule has 0 unspecified atom stereocenters. The summed E-state index contributed by atoms with van der Waals surface area (Å²) in [7, 11) is 1.87. The molecule has 2 aromatic rings. The number of ether oxygens (including phenoxy) is 2. The summed E-state index contributed by atoms with van der Waals surface area (Å²) in [5.41, 5.74) is 0.690. The van der Waals surface area contributed by atoms with Gasteiger partial charge in [-0.1, -0.05) is 67.4 Å². The van der Waals surface area contributed by atoms with E-state index in [1.807, 2.05) is 37.4 Å². The smallest absolute Gasteiger partial charge is 0.328 e. The molecule has 0 aliphatic heterocycles. The fourth-order valence-electron chi connectivity index (χ4n) is 3.86. The minimum atomic E-state index is -0.974. The van der Waals surface area contributed by atoms with Crippen molar-refractivity contribution in [2.24, 2.45) is 0 Å². The average Bonchev–Trinajstić information content (AvgIpc) is 2.92. The van der Waals surface area contributed by atoms with Gasteiger partial charge in [0.05, 0.1) is 23.8 Å². The zero-order valence-corrected chi connectivity index (χ0v) is 26.4. The van der Waals surface area contributed by atoms with Gasteiger partial charge in [-0.2, -0.15) is 0 Å². The highest BCUT2D eigenvalue weighted by Crippen LogP contribution is 2.42. The molecule has 0 aromatic heterocycles. The third kappa shape index (κ3) is 12.3. The lowest BCUT2D eigenvalue weighted by atomic mass is 10.1. The van der Waals surface area contributed by atoms with Crippen molar-refractivity contribution < 1.29 is 25.6 Å². The van der Waals surface area contributed by atoms with Crippen molar-refractivity contribution in [1.29, 1.82) is 0 Å². The van der Waals surface area contributed by atoms with E-state index in [2.05, 4.69) is 29.4 Å². The SMILES string of the molecule is CCN(CC)CCCOC(=O)[C@H](Cc1ccccc1)NC(=O)c1cc(Cl)c(OCCCCNC)c(Cl)c1O.Cl.Cl.[HH]. The second-order valence-electron chi connectivity index (χ2n) is 8.82. The lowest BCUT2D eigenvalue weighted by molar-refractivity contribution is -0.146. The average molecular weight is 643 g/mol. The largest absolute Gasteiger partial charge is 0.505 e. The number of phenolic OH excluding ortho intramolecular Hbond substituents is 1. The number of amides is 1. The maximum atomic E-state index is 13.2. The van der Waals surface area contributed by atoms with Crippen LogP contribution in [0.25, 0.3) is 0 Å². The van der Waals surface area contributed by atoms with Crippen molar-refractivity contribution in [2.75, 3.05) is 46.4 Å². The van der Waals surface area contributed by atoms with Gasteiger partial charge >= 0.3 is 5.97 Å². The van der Waals surface area contributed by atoms with Crippen LogP contribution in [0.5, 0.6) is 11.5 Å². The number of hydrogen-bond acceptors (Lipinski definition) is 7. The predicted octanol–water partition coefficient (Wildman–Crippen LogP) is 5.78. The van der Waals surface area contributed by atoms with Crippen LogP contribution in [0.4, 0.5) is 0 Å². The molecular weight excluding hydrogens is 600 g/mol. The minimum absolute atomic E-state index is 0. The molecule has 0 saturated heterocycles. The zero-order chi connectivity index (χ0) is 27.9. The van der Waals surface area contributed by atoms with E-state index in [0.717, 1.165) is 44.6 Å². The lowest BCUT2D eigenvalue weighted by Gasteiger charge is -2.20. The molecular formula is C28H43Cl4N3O5. The molecule has 228 valence electrons. The molecule has 3 N–H and O–H groups in total. The van der Waals surface area contributed by atoms with Crippen LogP contribution in [0, 0.1) is 0 Å². The van der Waals surface area contributed by atoms with Crippen LogP contribution in [0.1, 0.15) is 50.5 Å². The number of carbonyl (C=O) groups is 2. The molecule has 2 rings (SSSR count). The maximum Gasteiger partial charge on any atom is 0.328 e. The van der Waals surface area contributed by atoms with Crippen LogP contribution in [-0.4, -0.2) is 74.4 Å². The third-order valence-corrected chi connectivity index (χ3v) is 6.72. The van der Waals surface area contributed by atoms with E-state index in [-0.39, 0.29) is 60.6 Å². The van der Waals surface area contributed by atoms with Gasteiger partial charge in [-0.3, -0.25) is 4.79 Å². The molecule has 0 heterocycles. The van der Waals surface area contributed by atoms with E-state index >= 15 is 0 Å². The Hall–Kier alpha value is -1.94. The van der Waals surface area contributed by atoms with E-state index < -0.39 is 23.7 Å². The topological polar surface area (TPSA) is 100 Å². The minimum Gasteiger partial charge on any atom is -0.505 e. The molecule has 0 bridgehead atoms. The van der Waals surface area contributed by atoms with Crippen LogP contribution in [0.3, 0.4) is 0 Å². The van der Waals surface area contributed by atoms with Gasteiger partial charge in [-0.05, 0) is 57.6 Å². The van der Waals surface area contributed by atoms with Gasteiger partial charge < -0.3 is 30.1 Å². The van der Waals surface area contributed by atoms with E-state index in [9.17, 15) is 14.7 Å². The second kappa shape index (κ2) is 20.9. The number of esters is 1. The van der Waals surface area contributed by atoms with Crippen LogP contribution in [0.2, 0.25) is 10.0 Å². The first-order valence-corrected chi connectivity index (χ1v) is 13.8. The number of phenols is 1. The van der Waals surface area contributed by atoms with Crippen molar-refractivity contribution in [1.82, 2.24) is 15.5 Å². The summed E-state index contributed by atoms with van der Waals surface area (Å²) in [5.74, 6) is -1.61. The van der Waals surface area contributed by atoms with E-state index in [0.29, 0.717) is 13.0 Å². The molecule has 0 saturated carbocycles. The van der Waals surface area contributed by atoms with Crippen LogP contribution < -0.4 is 15.4 Å². The highest BCUT2D eigenvalue weighted by Gasteiger charge is 2.27. The Morgan fingerprint density at radius 1 is 1.05 bits per heavy atom. The Morgan fingerprint density at radius 2 is 1.73 bits per heavy atom. The first kappa shape index (κ1) is 38.1. The summed E-state index contributed by atoms with van der Waals surface area (Å²) in [5, 5.41) is 16.3. The molecule has 0 aliphatic rings. The number of benzene rings is 2. The molecule has 0 radical (unpaired) electrons. The van der Waals surface area contributed by atoms with Crippen molar-refractivity contribution in [3.05, 3.63) is 57.6 Å². The number of nitrogens with one attached hydrogen (secondary N) is 2. The molecule has 1 atom stereocenters. The summed E-state index contributed by atoms with van der Waals surface area (Å²) in [6.07, 6.45) is 2.56. The number of unbranched alkanes of at least 4 members (excludes halogenated alkanes) is 1. The Bertz CT molecular complexity index is 1030. The fourth-order valence-corrected chi connectivity index (χ4v) is 4.42.